The summed E-state index contributed by atoms with van der Waals surface area (Å²) >= 11 is 6.21. The van der Waals surface area contributed by atoms with Crippen LogP contribution >= 0.6 is 11.6 Å². The highest BCUT2D eigenvalue weighted by atomic mass is 35.5. The summed E-state index contributed by atoms with van der Waals surface area (Å²) in [6.07, 6.45) is 0. The van der Waals surface area contributed by atoms with E-state index < -0.39 is 0 Å². The standard InChI is InChI=1S/C17H20ClNO4/c1-20-12-4-6-13(7-5-12)23-9-8-19-15-11-17(22-3)16(21-2)10-14(15)18/h4-7,10-11,19H,8-9H2,1-3H3. The lowest BCUT2D eigenvalue weighted by atomic mass is 10.2. The lowest BCUT2D eigenvalue weighted by Crippen LogP contribution is -2.12. The van der Waals surface area contributed by atoms with Crippen molar-refractivity contribution in [3.63, 3.8) is 0 Å². The number of anilines is 1. The predicted molar refractivity (Wildman–Crippen MR) is 91.5 cm³/mol. The molecular weight excluding hydrogens is 318 g/mol. The van der Waals surface area contributed by atoms with Crippen molar-refractivity contribution in [1.82, 2.24) is 0 Å². The van der Waals surface area contributed by atoms with E-state index in [4.69, 9.17) is 30.5 Å². The van der Waals surface area contributed by atoms with Gasteiger partial charge in [-0.2, -0.15) is 0 Å². The molecular formula is C17H20ClNO4. The number of methoxy groups -OCH3 is 3. The Morgan fingerprint density at radius 3 is 2.09 bits per heavy atom. The summed E-state index contributed by atoms with van der Waals surface area (Å²) in [4.78, 5) is 0. The van der Waals surface area contributed by atoms with Crippen molar-refractivity contribution in [3.05, 3.63) is 41.4 Å². The van der Waals surface area contributed by atoms with Gasteiger partial charge in [0.05, 0.1) is 32.0 Å². The Bertz CT molecular complexity index is 631. The van der Waals surface area contributed by atoms with Crippen LogP contribution in [0, 0.1) is 0 Å². The van der Waals surface area contributed by atoms with E-state index in [1.54, 1.807) is 33.5 Å². The van der Waals surface area contributed by atoms with E-state index in [1.165, 1.54) is 0 Å². The molecule has 0 heterocycles. The highest BCUT2D eigenvalue weighted by molar-refractivity contribution is 6.33. The predicted octanol–water partition coefficient (Wildman–Crippen LogP) is 3.86. The van der Waals surface area contributed by atoms with Crippen LogP contribution in [0.15, 0.2) is 36.4 Å². The second-order valence-electron chi connectivity index (χ2n) is 4.64. The summed E-state index contributed by atoms with van der Waals surface area (Å²) in [6, 6.07) is 11.0. The van der Waals surface area contributed by atoms with Gasteiger partial charge in [-0.25, -0.2) is 0 Å². The molecule has 0 aliphatic rings. The summed E-state index contributed by atoms with van der Waals surface area (Å²) in [5.74, 6) is 2.80. The number of ether oxygens (including phenoxy) is 4. The van der Waals surface area contributed by atoms with E-state index in [9.17, 15) is 0 Å². The minimum Gasteiger partial charge on any atom is -0.497 e. The maximum atomic E-state index is 6.21. The van der Waals surface area contributed by atoms with Crippen LogP contribution in [0.4, 0.5) is 5.69 Å². The van der Waals surface area contributed by atoms with Crippen LogP contribution in [-0.2, 0) is 0 Å². The molecule has 0 fully saturated rings. The van der Waals surface area contributed by atoms with Gasteiger partial charge in [0.1, 0.15) is 18.1 Å². The molecule has 23 heavy (non-hydrogen) atoms. The number of nitrogens with one attached hydrogen (secondary N) is 1. The largest absolute Gasteiger partial charge is 0.497 e. The third-order valence-electron chi connectivity index (χ3n) is 3.22. The van der Waals surface area contributed by atoms with Gasteiger partial charge in [0.15, 0.2) is 11.5 Å². The number of hydrogen-bond donors (Lipinski definition) is 1. The lowest BCUT2D eigenvalue weighted by Gasteiger charge is -2.13. The van der Waals surface area contributed by atoms with Crippen molar-refractivity contribution in [2.45, 2.75) is 0 Å². The van der Waals surface area contributed by atoms with E-state index in [0.29, 0.717) is 29.7 Å². The highest BCUT2D eigenvalue weighted by Crippen LogP contribution is 2.35. The topological polar surface area (TPSA) is 49.0 Å². The van der Waals surface area contributed by atoms with Crippen LogP contribution in [0.25, 0.3) is 0 Å². The summed E-state index contributed by atoms with van der Waals surface area (Å²) in [5, 5.41) is 3.78. The zero-order valence-corrected chi connectivity index (χ0v) is 14.1. The summed E-state index contributed by atoms with van der Waals surface area (Å²) in [6.45, 7) is 1.10. The molecule has 0 radical (unpaired) electrons. The Morgan fingerprint density at radius 2 is 1.48 bits per heavy atom. The number of rotatable bonds is 8. The third kappa shape index (κ3) is 4.60. The van der Waals surface area contributed by atoms with E-state index in [2.05, 4.69) is 5.32 Å². The fourth-order valence-electron chi connectivity index (χ4n) is 2.02. The second-order valence-corrected chi connectivity index (χ2v) is 5.05. The van der Waals surface area contributed by atoms with Gasteiger partial charge in [0.2, 0.25) is 0 Å². The molecule has 6 heteroatoms. The Hall–Kier alpha value is -2.27. The van der Waals surface area contributed by atoms with Gasteiger partial charge in [-0.05, 0) is 24.3 Å². The molecule has 0 atom stereocenters. The summed E-state index contributed by atoms with van der Waals surface area (Å²) in [7, 11) is 4.79. The Morgan fingerprint density at radius 1 is 0.870 bits per heavy atom. The maximum absolute atomic E-state index is 6.21. The molecule has 0 bridgehead atoms. The van der Waals surface area contributed by atoms with E-state index in [1.807, 2.05) is 24.3 Å². The molecule has 0 aromatic heterocycles. The highest BCUT2D eigenvalue weighted by Gasteiger charge is 2.09. The monoisotopic (exact) mass is 337 g/mol. The van der Waals surface area contributed by atoms with E-state index >= 15 is 0 Å². The third-order valence-corrected chi connectivity index (χ3v) is 3.53. The van der Waals surface area contributed by atoms with Crippen LogP contribution < -0.4 is 24.3 Å². The molecule has 0 unspecified atom stereocenters. The second kappa shape index (κ2) is 8.39. The first-order valence-corrected chi connectivity index (χ1v) is 7.48. The number of benzene rings is 2. The first-order chi connectivity index (χ1) is 11.2. The molecule has 0 aliphatic heterocycles. The van der Waals surface area contributed by atoms with Gasteiger partial charge in [-0.1, -0.05) is 11.6 Å². The molecule has 0 saturated heterocycles. The van der Waals surface area contributed by atoms with Crippen LogP contribution in [0.5, 0.6) is 23.0 Å². The van der Waals surface area contributed by atoms with Crippen LogP contribution in [0.1, 0.15) is 0 Å². The van der Waals surface area contributed by atoms with Gasteiger partial charge < -0.3 is 24.3 Å². The van der Waals surface area contributed by atoms with Crippen LogP contribution in [-0.4, -0.2) is 34.5 Å². The number of halogens is 1. The SMILES string of the molecule is COc1ccc(OCCNc2cc(OC)c(OC)cc2Cl)cc1. The first-order valence-electron chi connectivity index (χ1n) is 7.10. The van der Waals surface area contributed by atoms with Crippen LogP contribution in [0.3, 0.4) is 0 Å². The van der Waals surface area contributed by atoms with Crippen molar-refractivity contribution >= 4 is 17.3 Å². The molecule has 0 amide bonds. The fourth-order valence-corrected chi connectivity index (χ4v) is 2.24. The Balaban J connectivity index is 1.88. The van der Waals surface area contributed by atoms with E-state index in [-0.39, 0.29) is 0 Å². The molecule has 124 valence electrons. The maximum Gasteiger partial charge on any atom is 0.162 e. The average Bonchev–Trinajstić information content (AvgIpc) is 2.59. The Kier molecular flexibility index (Phi) is 6.23. The first kappa shape index (κ1) is 17.1. The molecule has 2 aromatic rings. The Labute approximate surface area is 141 Å². The lowest BCUT2D eigenvalue weighted by molar-refractivity contribution is 0.331. The zero-order valence-electron chi connectivity index (χ0n) is 13.4. The minimum absolute atomic E-state index is 0.497. The fraction of sp³-hybridized carbons (Fsp3) is 0.294. The van der Waals surface area contributed by atoms with E-state index in [0.717, 1.165) is 17.2 Å². The van der Waals surface area contributed by atoms with Crippen molar-refractivity contribution in [2.24, 2.45) is 0 Å². The van der Waals surface area contributed by atoms with Gasteiger partial charge in [-0.3, -0.25) is 0 Å². The van der Waals surface area contributed by atoms with Crippen molar-refractivity contribution in [2.75, 3.05) is 39.8 Å². The molecule has 0 aliphatic carbocycles. The molecule has 1 N–H and O–H groups in total. The average molecular weight is 338 g/mol. The van der Waals surface area contributed by atoms with Crippen molar-refractivity contribution in [1.29, 1.82) is 0 Å². The normalized spacial score (nSPS) is 10.1. The van der Waals surface area contributed by atoms with Gasteiger partial charge in [0.25, 0.3) is 0 Å². The molecule has 5 nitrogen and oxygen atoms in total. The van der Waals surface area contributed by atoms with Gasteiger partial charge in [-0.15, -0.1) is 0 Å². The summed E-state index contributed by atoms with van der Waals surface area (Å²) < 4.78 is 21.2. The number of hydrogen-bond acceptors (Lipinski definition) is 5. The summed E-state index contributed by atoms with van der Waals surface area (Å²) in [5.41, 5.74) is 0.766. The van der Waals surface area contributed by atoms with Gasteiger partial charge in [0, 0.05) is 18.7 Å². The van der Waals surface area contributed by atoms with Crippen molar-refractivity contribution in [3.8, 4) is 23.0 Å². The molecule has 2 rings (SSSR count). The smallest absolute Gasteiger partial charge is 0.162 e. The van der Waals surface area contributed by atoms with Crippen LogP contribution in [0.2, 0.25) is 5.02 Å². The van der Waals surface area contributed by atoms with Crippen molar-refractivity contribution < 1.29 is 18.9 Å². The molecule has 0 saturated carbocycles. The molecule has 0 spiro atoms. The van der Waals surface area contributed by atoms with Gasteiger partial charge >= 0.3 is 0 Å². The molecule has 2 aromatic carbocycles. The minimum atomic E-state index is 0.497. The zero-order chi connectivity index (χ0) is 16.7. The quantitative estimate of drug-likeness (QED) is 0.741.